The second kappa shape index (κ2) is 4.90. The van der Waals surface area contributed by atoms with E-state index in [9.17, 15) is 18.0 Å². The molecule has 2 aromatic heterocycles. The summed E-state index contributed by atoms with van der Waals surface area (Å²) in [6.45, 7) is 0.682. The number of aromatic nitrogens is 3. The van der Waals surface area contributed by atoms with Gasteiger partial charge < -0.3 is 9.73 Å². The predicted molar refractivity (Wildman–Crippen MR) is 63.2 cm³/mol. The predicted octanol–water partition coefficient (Wildman–Crippen LogP) is 2.15. The van der Waals surface area contributed by atoms with Crippen molar-refractivity contribution in [2.45, 2.75) is 31.6 Å². The lowest BCUT2D eigenvalue weighted by Crippen LogP contribution is -2.34. The number of carbonyl (C=O) groups excluding carboxylic acids is 1. The van der Waals surface area contributed by atoms with E-state index in [4.69, 9.17) is 0 Å². The molecule has 3 heterocycles. The number of alkyl halides is 3. The van der Waals surface area contributed by atoms with Gasteiger partial charge in [-0.25, -0.2) is 9.67 Å². The van der Waals surface area contributed by atoms with Gasteiger partial charge in [-0.05, 0) is 18.9 Å². The molecule has 6 nitrogen and oxygen atoms in total. The van der Waals surface area contributed by atoms with Crippen LogP contribution < -0.4 is 5.32 Å². The lowest BCUT2D eigenvalue weighted by Gasteiger charge is -2.23. The summed E-state index contributed by atoms with van der Waals surface area (Å²) in [7, 11) is 0. The molecule has 3 rings (SSSR count). The molecule has 9 heteroatoms. The van der Waals surface area contributed by atoms with Crippen LogP contribution in [0.15, 0.2) is 23.1 Å². The first kappa shape index (κ1) is 13.7. The molecule has 2 aromatic rings. The third kappa shape index (κ3) is 2.50. The van der Waals surface area contributed by atoms with Gasteiger partial charge in [0.25, 0.3) is 5.91 Å². The van der Waals surface area contributed by atoms with Crippen LogP contribution in [0.1, 0.15) is 40.8 Å². The second-order valence-electron chi connectivity index (χ2n) is 4.67. The molecular formula is C12H11F3N4O2. The highest BCUT2D eigenvalue weighted by molar-refractivity contribution is 5.95. The molecule has 0 aliphatic carbocycles. The van der Waals surface area contributed by atoms with E-state index in [0.29, 0.717) is 18.8 Å². The van der Waals surface area contributed by atoms with E-state index in [1.165, 1.54) is 6.33 Å². The zero-order chi connectivity index (χ0) is 15.0. The molecule has 0 radical (unpaired) electrons. The van der Waals surface area contributed by atoms with Crippen molar-refractivity contribution in [3.8, 4) is 0 Å². The lowest BCUT2D eigenvalue weighted by atomic mass is 10.1. The number of nitrogens with zero attached hydrogens (tertiary/aromatic N) is 3. The van der Waals surface area contributed by atoms with Crippen molar-refractivity contribution in [1.29, 1.82) is 0 Å². The van der Waals surface area contributed by atoms with E-state index < -0.39 is 29.4 Å². The Balaban J connectivity index is 1.81. The third-order valence-corrected chi connectivity index (χ3v) is 3.29. The van der Waals surface area contributed by atoms with Gasteiger partial charge in [-0.1, -0.05) is 0 Å². The van der Waals surface area contributed by atoms with Gasteiger partial charge in [0.1, 0.15) is 12.2 Å². The van der Waals surface area contributed by atoms with Crippen LogP contribution >= 0.6 is 0 Å². The van der Waals surface area contributed by atoms with Crippen LogP contribution in [0.25, 0.3) is 0 Å². The van der Waals surface area contributed by atoms with E-state index >= 15 is 0 Å². The van der Waals surface area contributed by atoms with Crippen molar-refractivity contribution >= 4 is 5.91 Å². The van der Waals surface area contributed by atoms with Gasteiger partial charge in [0.05, 0.1) is 17.9 Å². The molecule has 0 spiro atoms. The molecule has 0 bridgehead atoms. The summed E-state index contributed by atoms with van der Waals surface area (Å²) in [6.07, 6.45) is -1.13. The maximum Gasteiger partial charge on any atom is 0.450 e. The van der Waals surface area contributed by atoms with Crippen LogP contribution in [0.4, 0.5) is 13.2 Å². The maximum absolute atomic E-state index is 12.7. The minimum Gasteiger partial charge on any atom is -0.459 e. The van der Waals surface area contributed by atoms with E-state index in [1.807, 2.05) is 0 Å². The number of aryl methyl sites for hydroxylation is 1. The number of halogens is 3. The van der Waals surface area contributed by atoms with Crippen molar-refractivity contribution in [3.05, 3.63) is 35.8 Å². The summed E-state index contributed by atoms with van der Waals surface area (Å²) in [5.74, 6) is -1.58. The van der Waals surface area contributed by atoms with E-state index in [2.05, 4.69) is 19.8 Å². The Morgan fingerprint density at radius 2 is 2.29 bits per heavy atom. The normalized spacial score (nSPS) is 18.3. The molecule has 0 aromatic carbocycles. The number of carbonyl (C=O) groups is 1. The Hall–Kier alpha value is -2.32. The van der Waals surface area contributed by atoms with Gasteiger partial charge in [-0.15, -0.1) is 0 Å². The van der Waals surface area contributed by atoms with Crippen LogP contribution in [0.2, 0.25) is 0 Å². The Labute approximate surface area is 117 Å². The Morgan fingerprint density at radius 3 is 3.05 bits per heavy atom. The molecule has 0 saturated carbocycles. The highest BCUT2D eigenvalue weighted by atomic mass is 19.4. The quantitative estimate of drug-likeness (QED) is 0.922. The first-order valence-electron chi connectivity index (χ1n) is 6.30. The monoisotopic (exact) mass is 300 g/mol. The molecule has 112 valence electrons. The number of furan rings is 1. The van der Waals surface area contributed by atoms with Gasteiger partial charge >= 0.3 is 6.18 Å². The van der Waals surface area contributed by atoms with E-state index in [1.54, 1.807) is 4.68 Å². The van der Waals surface area contributed by atoms with Crippen LogP contribution in [-0.4, -0.2) is 20.7 Å². The average Bonchev–Trinajstić information content (AvgIpc) is 3.07. The summed E-state index contributed by atoms with van der Waals surface area (Å²) < 4.78 is 44.1. The highest BCUT2D eigenvalue weighted by Crippen LogP contribution is 2.33. The molecule has 0 fully saturated rings. The van der Waals surface area contributed by atoms with E-state index in [0.717, 1.165) is 18.8 Å². The Morgan fingerprint density at radius 1 is 1.48 bits per heavy atom. The van der Waals surface area contributed by atoms with Crippen molar-refractivity contribution in [3.63, 3.8) is 0 Å². The average molecular weight is 300 g/mol. The molecule has 1 N–H and O–H groups in total. The molecule has 1 unspecified atom stereocenters. The van der Waals surface area contributed by atoms with Crippen LogP contribution in [0.3, 0.4) is 0 Å². The van der Waals surface area contributed by atoms with Crippen molar-refractivity contribution in [2.75, 3.05) is 0 Å². The number of nitrogens with one attached hydrogen (secondary N) is 1. The summed E-state index contributed by atoms with van der Waals surface area (Å²) >= 11 is 0. The van der Waals surface area contributed by atoms with Crippen molar-refractivity contribution < 1.29 is 22.4 Å². The molecule has 1 aliphatic rings. The molecule has 1 atom stereocenters. The number of hydrogen-bond donors (Lipinski definition) is 1. The topological polar surface area (TPSA) is 73.0 Å². The Bertz CT molecular complexity index is 662. The molecule has 0 saturated heterocycles. The highest BCUT2D eigenvalue weighted by Gasteiger charge is 2.39. The van der Waals surface area contributed by atoms with Gasteiger partial charge in [-0.2, -0.15) is 18.3 Å². The van der Waals surface area contributed by atoms with E-state index in [-0.39, 0.29) is 0 Å². The van der Waals surface area contributed by atoms with Gasteiger partial charge in [0, 0.05) is 6.54 Å². The second-order valence-corrected chi connectivity index (χ2v) is 4.67. The lowest BCUT2D eigenvalue weighted by molar-refractivity contribution is -0.153. The van der Waals surface area contributed by atoms with Gasteiger partial charge in [0.2, 0.25) is 5.76 Å². The van der Waals surface area contributed by atoms with Crippen LogP contribution in [0.5, 0.6) is 0 Å². The fourth-order valence-electron chi connectivity index (χ4n) is 2.37. The van der Waals surface area contributed by atoms with Crippen LogP contribution in [0, 0.1) is 0 Å². The minimum absolute atomic E-state index is 0.454. The summed E-state index contributed by atoms with van der Waals surface area (Å²) in [4.78, 5) is 16.1. The summed E-state index contributed by atoms with van der Waals surface area (Å²) in [6, 6.07) is 0.552. The Kier molecular flexibility index (Phi) is 3.19. The van der Waals surface area contributed by atoms with Crippen LogP contribution in [-0.2, 0) is 12.7 Å². The zero-order valence-electron chi connectivity index (χ0n) is 10.7. The summed E-state index contributed by atoms with van der Waals surface area (Å²) in [5.41, 5.74) is -0.529. The first-order chi connectivity index (χ1) is 9.97. The minimum atomic E-state index is -4.71. The fourth-order valence-corrected chi connectivity index (χ4v) is 2.37. The number of rotatable bonds is 2. The van der Waals surface area contributed by atoms with Crippen molar-refractivity contribution in [1.82, 2.24) is 20.1 Å². The van der Waals surface area contributed by atoms with Gasteiger partial charge in [0.15, 0.2) is 0 Å². The van der Waals surface area contributed by atoms with Gasteiger partial charge in [-0.3, -0.25) is 4.79 Å². The molecular weight excluding hydrogens is 289 g/mol. The molecule has 1 amide bonds. The largest absolute Gasteiger partial charge is 0.459 e. The first-order valence-corrected chi connectivity index (χ1v) is 6.30. The number of fused-ring (bicyclic) bond motifs is 1. The van der Waals surface area contributed by atoms with Crippen molar-refractivity contribution in [2.24, 2.45) is 0 Å². The number of amides is 1. The SMILES string of the molecule is O=C(NC1CCCn2ncnc21)c1ccoc1C(F)(F)F. The summed E-state index contributed by atoms with van der Waals surface area (Å²) in [5, 5.41) is 6.54. The smallest absolute Gasteiger partial charge is 0.450 e. The number of hydrogen-bond acceptors (Lipinski definition) is 4. The molecule has 1 aliphatic heterocycles. The fraction of sp³-hybridized carbons (Fsp3) is 0.417. The third-order valence-electron chi connectivity index (χ3n) is 3.29. The maximum atomic E-state index is 12.7. The molecule has 21 heavy (non-hydrogen) atoms. The zero-order valence-corrected chi connectivity index (χ0v) is 10.7. The standard InChI is InChI=1S/C12H11F3N4O2/c13-12(14,15)9-7(3-5-21-9)11(20)18-8-2-1-4-19-10(8)16-6-17-19/h3,5-6,8H,1-2,4H2,(H,18,20).